The zero-order valence-corrected chi connectivity index (χ0v) is 14.2. The van der Waals surface area contributed by atoms with Crippen LogP contribution in [0.5, 0.6) is 0 Å². The van der Waals surface area contributed by atoms with Gasteiger partial charge in [0.25, 0.3) is 0 Å². The lowest BCUT2D eigenvalue weighted by Crippen LogP contribution is -2.04. The van der Waals surface area contributed by atoms with Gasteiger partial charge in [-0.25, -0.2) is 4.57 Å². The predicted molar refractivity (Wildman–Crippen MR) is 81.0 cm³/mol. The molecule has 0 aliphatic carbocycles. The van der Waals surface area contributed by atoms with E-state index in [4.69, 9.17) is 18.3 Å². The van der Waals surface area contributed by atoms with Crippen LogP contribution in [0.4, 0.5) is 0 Å². The Morgan fingerprint density at radius 3 is 1.60 bits per heavy atom. The number of ether oxygens (including phenoxy) is 1. The van der Waals surface area contributed by atoms with Gasteiger partial charge in [-0.1, -0.05) is 26.7 Å². The molecular weight excluding hydrogens is 279 g/mol. The summed E-state index contributed by atoms with van der Waals surface area (Å²) in [4.78, 5) is 0. The van der Waals surface area contributed by atoms with E-state index in [-0.39, 0.29) is 0 Å². The maximum atomic E-state index is 12.4. The zero-order chi connectivity index (χ0) is 15.1. The molecule has 6 heteroatoms. The van der Waals surface area contributed by atoms with Crippen LogP contribution in [0.25, 0.3) is 0 Å². The van der Waals surface area contributed by atoms with Crippen molar-refractivity contribution in [1.29, 1.82) is 0 Å². The minimum absolute atomic E-state index is 0.378. The molecule has 0 rings (SSSR count). The van der Waals surface area contributed by atoms with E-state index in [1.807, 2.05) is 6.92 Å². The second-order valence-electron chi connectivity index (χ2n) is 4.56. The molecule has 0 aromatic heterocycles. The summed E-state index contributed by atoms with van der Waals surface area (Å²) < 4.78 is 33.6. The van der Waals surface area contributed by atoms with Gasteiger partial charge < -0.3 is 4.74 Å². The summed E-state index contributed by atoms with van der Waals surface area (Å²) >= 11 is 0. The molecule has 0 spiro atoms. The van der Waals surface area contributed by atoms with Crippen molar-refractivity contribution in [3.05, 3.63) is 0 Å². The molecule has 0 fully saturated rings. The Morgan fingerprint density at radius 1 is 0.700 bits per heavy atom. The van der Waals surface area contributed by atoms with Crippen LogP contribution in [0.1, 0.15) is 59.3 Å². The van der Waals surface area contributed by atoms with Crippen molar-refractivity contribution in [1.82, 2.24) is 0 Å². The largest absolute Gasteiger partial charge is 0.474 e. The van der Waals surface area contributed by atoms with Crippen molar-refractivity contribution in [2.24, 2.45) is 0 Å². The normalized spacial score (nSPS) is 11.9. The molecule has 0 aliphatic rings. The maximum absolute atomic E-state index is 12.4. The number of phosphoric ester groups is 1. The molecule has 20 heavy (non-hydrogen) atoms. The number of phosphoric acid groups is 1. The van der Waals surface area contributed by atoms with Crippen LogP contribution in [-0.4, -0.2) is 33.0 Å². The molecule has 0 atom stereocenters. The van der Waals surface area contributed by atoms with Gasteiger partial charge in [0.2, 0.25) is 0 Å². The summed E-state index contributed by atoms with van der Waals surface area (Å²) in [5.74, 6) is 0. The highest BCUT2D eigenvalue weighted by molar-refractivity contribution is 7.48. The Morgan fingerprint density at radius 2 is 1.15 bits per heavy atom. The number of rotatable bonds is 15. The SMILES string of the molecule is CCCCOP(=O)(OCCCC)OCCCCOCC. The van der Waals surface area contributed by atoms with Crippen molar-refractivity contribution in [2.45, 2.75) is 59.3 Å². The van der Waals surface area contributed by atoms with Gasteiger partial charge in [0.1, 0.15) is 0 Å². The predicted octanol–water partition coefficient (Wildman–Crippen LogP) is 4.56. The highest BCUT2D eigenvalue weighted by Gasteiger charge is 2.25. The van der Waals surface area contributed by atoms with Crippen LogP contribution in [0.15, 0.2) is 0 Å². The highest BCUT2D eigenvalue weighted by Crippen LogP contribution is 2.49. The van der Waals surface area contributed by atoms with Crippen LogP contribution < -0.4 is 0 Å². The number of unbranched alkanes of at least 4 members (excludes halogenated alkanes) is 3. The fourth-order valence-electron chi connectivity index (χ4n) is 1.38. The van der Waals surface area contributed by atoms with Gasteiger partial charge in [0.15, 0.2) is 0 Å². The first kappa shape index (κ1) is 20.1. The second kappa shape index (κ2) is 14.0. The first-order chi connectivity index (χ1) is 9.68. The van der Waals surface area contributed by atoms with E-state index >= 15 is 0 Å². The molecule has 0 aromatic rings. The van der Waals surface area contributed by atoms with Crippen LogP contribution in [-0.2, 0) is 22.9 Å². The summed E-state index contributed by atoms with van der Waals surface area (Å²) in [6, 6.07) is 0. The minimum atomic E-state index is -3.38. The quantitative estimate of drug-likeness (QED) is 0.328. The van der Waals surface area contributed by atoms with E-state index in [9.17, 15) is 4.57 Å². The first-order valence-corrected chi connectivity index (χ1v) is 9.26. The van der Waals surface area contributed by atoms with Crippen molar-refractivity contribution < 1.29 is 22.9 Å². The Hall–Kier alpha value is 0.0700. The molecule has 122 valence electrons. The van der Waals surface area contributed by atoms with Crippen molar-refractivity contribution in [2.75, 3.05) is 33.0 Å². The third-order valence-electron chi connectivity index (χ3n) is 2.63. The molecule has 0 heterocycles. The fourth-order valence-corrected chi connectivity index (χ4v) is 2.66. The van der Waals surface area contributed by atoms with Crippen LogP contribution in [0.3, 0.4) is 0 Å². The number of hydrogen-bond donors (Lipinski definition) is 0. The lowest BCUT2D eigenvalue weighted by Gasteiger charge is -2.17. The molecule has 0 amide bonds. The molecule has 0 bridgehead atoms. The van der Waals surface area contributed by atoms with E-state index in [1.165, 1.54) is 0 Å². The second-order valence-corrected chi connectivity index (χ2v) is 6.23. The van der Waals surface area contributed by atoms with Crippen LogP contribution in [0.2, 0.25) is 0 Å². The number of hydrogen-bond acceptors (Lipinski definition) is 5. The van der Waals surface area contributed by atoms with Crippen molar-refractivity contribution >= 4 is 7.82 Å². The van der Waals surface area contributed by atoms with Gasteiger partial charge in [0.05, 0.1) is 19.8 Å². The van der Waals surface area contributed by atoms with Crippen molar-refractivity contribution in [3.63, 3.8) is 0 Å². The smallest absolute Gasteiger partial charge is 0.382 e. The van der Waals surface area contributed by atoms with Crippen LogP contribution in [0, 0.1) is 0 Å². The molecule has 0 aliphatic heterocycles. The Labute approximate surface area is 123 Å². The minimum Gasteiger partial charge on any atom is -0.382 e. The van der Waals surface area contributed by atoms with Gasteiger partial charge in [-0.3, -0.25) is 13.6 Å². The summed E-state index contributed by atoms with van der Waals surface area (Å²) in [7, 11) is -3.38. The first-order valence-electron chi connectivity index (χ1n) is 7.79. The third-order valence-corrected chi connectivity index (χ3v) is 4.13. The average molecular weight is 310 g/mol. The summed E-state index contributed by atoms with van der Waals surface area (Å²) in [5.41, 5.74) is 0. The van der Waals surface area contributed by atoms with Gasteiger partial charge in [0, 0.05) is 13.2 Å². The molecule has 0 saturated heterocycles. The van der Waals surface area contributed by atoms with Gasteiger partial charge in [-0.2, -0.15) is 0 Å². The zero-order valence-electron chi connectivity index (χ0n) is 13.3. The molecule has 0 N–H and O–H groups in total. The monoisotopic (exact) mass is 310 g/mol. The summed E-state index contributed by atoms with van der Waals surface area (Å²) in [6.45, 7) is 8.72. The third kappa shape index (κ3) is 11.9. The molecule has 0 saturated carbocycles. The topological polar surface area (TPSA) is 54.0 Å². The summed E-state index contributed by atoms with van der Waals surface area (Å²) in [5, 5.41) is 0. The van der Waals surface area contributed by atoms with E-state index in [1.54, 1.807) is 0 Å². The Balaban J connectivity index is 3.93. The van der Waals surface area contributed by atoms with Gasteiger partial charge >= 0.3 is 7.82 Å². The molecule has 0 aromatic carbocycles. The van der Waals surface area contributed by atoms with E-state index in [0.717, 1.165) is 45.1 Å². The molecule has 5 nitrogen and oxygen atoms in total. The molecule has 0 unspecified atom stereocenters. The van der Waals surface area contributed by atoms with E-state index in [2.05, 4.69) is 13.8 Å². The average Bonchev–Trinajstić information content (AvgIpc) is 2.43. The van der Waals surface area contributed by atoms with E-state index < -0.39 is 7.82 Å². The Bertz CT molecular complexity index is 234. The lowest BCUT2D eigenvalue weighted by molar-refractivity contribution is 0.102. The standard InChI is InChI=1S/C14H31O5P/c1-4-7-12-17-20(15,18-13-8-5-2)19-14-10-9-11-16-6-3/h4-14H2,1-3H3. The fraction of sp³-hybridized carbons (Fsp3) is 1.00. The van der Waals surface area contributed by atoms with Crippen molar-refractivity contribution in [3.8, 4) is 0 Å². The molecule has 0 radical (unpaired) electrons. The summed E-state index contributed by atoms with van der Waals surface area (Å²) in [6.07, 6.45) is 5.37. The van der Waals surface area contributed by atoms with Gasteiger partial charge in [-0.15, -0.1) is 0 Å². The van der Waals surface area contributed by atoms with Crippen LogP contribution >= 0.6 is 7.82 Å². The van der Waals surface area contributed by atoms with Gasteiger partial charge in [-0.05, 0) is 32.6 Å². The van der Waals surface area contributed by atoms with E-state index in [0.29, 0.717) is 26.4 Å². The highest BCUT2D eigenvalue weighted by atomic mass is 31.2. The maximum Gasteiger partial charge on any atom is 0.474 e. The Kier molecular flexibility index (Phi) is 14.1. The lowest BCUT2D eigenvalue weighted by atomic mass is 10.3. The molecular formula is C14H31O5P.